The Morgan fingerprint density at radius 2 is 2.00 bits per heavy atom. The van der Waals surface area contributed by atoms with Crippen LogP contribution in [0.25, 0.3) is 0 Å². The summed E-state index contributed by atoms with van der Waals surface area (Å²) in [6.07, 6.45) is 0. The Morgan fingerprint density at radius 3 is 2.50 bits per heavy atom. The van der Waals surface area contributed by atoms with E-state index >= 15 is 0 Å². The van der Waals surface area contributed by atoms with Crippen molar-refractivity contribution in [1.82, 2.24) is 0 Å². The zero-order valence-electron chi connectivity index (χ0n) is 6.35. The van der Waals surface area contributed by atoms with E-state index in [4.69, 9.17) is 0 Å². The topological polar surface area (TPSA) is 9.23 Å². The van der Waals surface area contributed by atoms with Gasteiger partial charge in [0.1, 0.15) is 5.75 Å². The molecule has 1 rings (SSSR count). The number of halogens is 3. The Bertz CT molecular complexity index is 256. The molecule has 4 heteroatoms. The lowest BCUT2D eigenvalue weighted by Gasteiger charge is -2.05. The molecule has 0 heterocycles. The van der Waals surface area contributed by atoms with Gasteiger partial charge in [-0.15, -0.1) is 0 Å². The molecule has 12 heavy (non-hydrogen) atoms. The predicted octanol–water partition coefficient (Wildman–Crippen LogP) is 3.36. The maximum absolute atomic E-state index is 11.7. The molecule has 0 saturated heterocycles. The molecule has 1 aromatic carbocycles. The zero-order valence-corrected chi connectivity index (χ0v) is 7.94. The minimum absolute atomic E-state index is 0.178. The molecule has 0 aliphatic rings. The molecule has 0 N–H and O–H groups in total. The molecule has 0 unspecified atom stereocenters. The first-order chi connectivity index (χ1) is 5.58. The van der Waals surface area contributed by atoms with Crippen LogP contribution >= 0.6 is 15.9 Å². The molecule has 0 fully saturated rings. The summed E-state index contributed by atoms with van der Waals surface area (Å²) in [6.45, 7) is -0.956. The third-order valence-corrected chi connectivity index (χ3v) is 1.70. The average Bonchev–Trinajstić information content (AvgIpc) is 1.81. The SMILES string of the molecule is Cc1cc(Br)cc(OC(F)F)c1. The molecule has 0 bridgehead atoms. The summed E-state index contributed by atoms with van der Waals surface area (Å²) in [6, 6.07) is 4.87. The van der Waals surface area contributed by atoms with E-state index in [1.165, 1.54) is 6.07 Å². The zero-order chi connectivity index (χ0) is 9.14. The van der Waals surface area contributed by atoms with E-state index in [-0.39, 0.29) is 5.75 Å². The summed E-state index contributed by atoms with van der Waals surface area (Å²) < 4.78 is 28.4. The summed E-state index contributed by atoms with van der Waals surface area (Å²) in [4.78, 5) is 0. The predicted molar refractivity (Wildman–Crippen MR) is 45.5 cm³/mol. The van der Waals surface area contributed by atoms with Gasteiger partial charge in [0.25, 0.3) is 0 Å². The van der Waals surface area contributed by atoms with Crippen molar-refractivity contribution in [3.63, 3.8) is 0 Å². The minimum Gasteiger partial charge on any atom is -0.435 e. The molecule has 0 radical (unpaired) electrons. The molecule has 0 saturated carbocycles. The van der Waals surface area contributed by atoms with Gasteiger partial charge < -0.3 is 4.74 Å². The first-order valence-electron chi connectivity index (χ1n) is 3.30. The largest absolute Gasteiger partial charge is 0.435 e. The fourth-order valence-electron chi connectivity index (χ4n) is 0.874. The summed E-state index contributed by atoms with van der Waals surface area (Å²) >= 11 is 3.18. The first kappa shape index (κ1) is 9.45. The van der Waals surface area contributed by atoms with Crippen molar-refractivity contribution in [3.05, 3.63) is 28.2 Å². The van der Waals surface area contributed by atoms with Crippen molar-refractivity contribution in [1.29, 1.82) is 0 Å². The molecule has 0 aliphatic heterocycles. The molecular weight excluding hydrogens is 230 g/mol. The van der Waals surface area contributed by atoms with Gasteiger partial charge in [-0.25, -0.2) is 0 Å². The van der Waals surface area contributed by atoms with E-state index in [0.717, 1.165) is 10.0 Å². The van der Waals surface area contributed by atoms with Crippen molar-refractivity contribution in [2.45, 2.75) is 13.5 Å². The second-order valence-electron chi connectivity index (χ2n) is 2.34. The number of aryl methyl sites for hydroxylation is 1. The summed E-state index contributed by atoms with van der Waals surface area (Å²) in [5, 5.41) is 0. The lowest BCUT2D eigenvalue weighted by Crippen LogP contribution is -2.01. The molecule has 1 aromatic rings. The van der Waals surface area contributed by atoms with Gasteiger partial charge in [-0.2, -0.15) is 8.78 Å². The van der Waals surface area contributed by atoms with Crippen LogP contribution in [0.4, 0.5) is 8.78 Å². The van der Waals surface area contributed by atoms with Crippen molar-refractivity contribution in [2.75, 3.05) is 0 Å². The van der Waals surface area contributed by atoms with E-state index < -0.39 is 6.61 Å². The van der Waals surface area contributed by atoms with Gasteiger partial charge in [0.05, 0.1) is 0 Å². The third-order valence-electron chi connectivity index (χ3n) is 1.24. The smallest absolute Gasteiger partial charge is 0.387 e. The quantitative estimate of drug-likeness (QED) is 0.766. The monoisotopic (exact) mass is 236 g/mol. The summed E-state index contributed by atoms with van der Waals surface area (Å²) in [7, 11) is 0. The number of benzene rings is 1. The highest BCUT2D eigenvalue weighted by atomic mass is 79.9. The molecule has 0 aromatic heterocycles. The Kier molecular flexibility index (Phi) is 3.03. The van der Waals surface area contributed by atoms with Crippen LogP contribution in [0.1, 0.15) is 5.56 Å². The highest BCUT2D eigenvalue weighted by molar-refractivity contribution is 9.10. The second-order valence-corrected chi connectivity index (χ2v) is 3.26. The Morgan fingerprint density at radius 1 is 1.33 bits per heavy atom. The van der Waals surface area contributed by atoms with E-state index in [1.807, 2.05) is 13.0 Å². The maximum Gasteiger partial charge on any atom is 0.387 e. The van der Waals surface area contributed by atoms with Crippen LogP contribution in [0, 0.1) is 6.92 Å². The van der Waals surface area contributed by atoms with E-state index in [2.05, 4.69) is 20.7 Å². The minimum atomic E-state index is -2.77. The highest BCUT2D eigenvalue weighted by Gasteiger charge is 2.04. The van der Waals surface area contributed by atoms with Crippen LogP contribution in [0.15, 0.2) is 22.7 Å². The number of hydrogen-bond acceptors (Lipinski definition) is 1. The van der Waals surface area contributed by atoms with E-state index in [0.29, 0.717) is 0 Å². The van der Waals surface area contributed by atoms with Gasteiger partial charge in [0.15, 0.2) is 0 Å². The average molecular weight is 237 g/mol. The Balaban J connectivity index is 2.85. The normalized spacial score (nSPS) is 10.4. The number of hydrogen-bond donors (Lipinski definition) is 0. The van der Waals surface area contributed by atoms with Crippen LogP contribution < -0.4 is 4.74 Å². The molecular formula is C8H7BrF2O. The fourth-order valence-corrected chi connectivity index (χ4v) is 1.46. The van der Waals surface area contributed by atoms with Gasteiger partial charge >= 0.3 is 6.61 Å². The summed E-state index contributed by atoms with van der Waals surface area (Å²) in [5.74, 6) is 0.178. The van der Waals surface area contributed by atoms with Crippen molar-refractivity contribution in [3.8, 4) is 5.75 Å². The van der Waals surface area contributed by atoms with Crippen molar-refractivity contribution in [2.24, 2.45) is 0 Å². The lowest BCUT2D eigenvalue weighted by molar-refractivity contribution is -0.0499. The van der Waals surface area contributed by atoms with Crippen LogP contribution in [0.5, 0.6) is 5.75 Å². The third kappa shape index (κ3) is 2.77. The molecule has 1 nitrogen and oxygen atoms in total. The highest BCUT2D eigenvalue weighted by Crippen LogP contribution is 2.22. The van der Waals surface area contributed by atoms with Gasteiger partial charge in [-0.05, 0) is 30.7 Å². The van der Waals surface area contributed by atoms with Crippen LogP contribution in [0.2, 0.25) is 0 Å². The Hall–Kier alpha value is -0.640. The number of alkyl halides is 2. The first-order valence-corrected chi connectivity index (χ1v) is 4.09. The number of rotatable bonds is 2. The van der Waals surface area contributed by atoms with Gasteiger partial charge in [-0.3, -0.25) is 0 Å². The van der Waals surface area contributed by atoms with Crippen LogP contribution in [-0.2, 0) is 0 Å². The standard InChI is InChI=1S/C8H7BrF2O/c1-5-2-6(9)4-7(3-5)12-8(10)11/h2-4,8H,1H3. The lowest BCUT2D eigenvalue weighted by atomic mass is 10.2. The van der Waals surface area contributed by atoms with Crippen LogP contribution in [-0.4, -0.2) is 6.61 Å². The fraction of sp³-hybridized carbons (Fsp3) is 0.250. The van der Waals surface area contributed by atoms with Crippen molar-refractivity contribution >= 4 is 15.9 Å². The molecule has 66 valence electrons. The molecule has 0 atom stereocenters. The van der Waals surface area contributed by atoms with Crippen LogP contribution in [0.3, 0.4) is 0 Å². The summed E-state index contributed by atoms with van der Waals surface area (Å²) in [5.41, 5.74) is 0.875. The molecule has 0 spiro atoms. The van der Waals surface area contributed by atoms with Gasteiger partial charge in [0, 0.05) is 4.47 Å². The van der Waals surface area contributed by atoms with Crippen molar-refractivity contribution < 1.29 is 13.5 Å². The maximum atomic E-state index is 11.7. The van der Waals surface area contributed by atoms with E-state index in [9.17, 15) is 8.78 Å². The number of ether oxygens (including phenoxy) is 1. The Labute approximate surface area is 77.5 Å². The second kappa shape index (κ2) is 3.85. The molecule has 0 amide bonds. The van der Waals surface area contributed by atoms with Gasteiger partial charge in [-0.1, -0.05) is 15.9 Å². The van der Waals surface area contributed by atoms with Gasteiger partial charge in [0.2, 0.25) is 0 Å². The van der Waals surface area contributed by atoms with E-state index in [1.54, 1.807) is 6.07 Å². The molecule has 0 aliphatic carbocycles.